The van der Waals surface area contributed by atoms with Gasteiger partial charge in [-0.05, 0) is 43.9 Å². The van der Waals surface area contributed by atoms with Crippen LogP contribution in [0.5, 0.6) is 0 Å². The van der Waals surface area contributed by atoms with Crippen LogP contribution in [0.2, 0.25) is 0 Å². The SMILES string of the molecule is C[C@@](O)(CNC(=O)c1cccc(F)c1)C1CC1. The summed E-state index contributed by atoms with van der Waals surface area (Å²) in [5.74, 6) is -0.521. The summed E-state index contributed by atoms with van der Waals surface area (Å²) in [6.45, 7) is 1.92. The minimum atomic E-state index is -0.858. The number of aliphatic hydroxyl groups is 1. The summed E-state index contributed by atoms with van der Waals surface area (Å²) < 4.78 is 12.9. The molecule has 1 aromatic rings. The summed E-state index contributed by atoms with van der Waals surface area (Å²) in [6.07, 6.45) is 2.01. The molecule has 3 nitrogen and oxygen atoms in total. The Bertz CT molecular complexity index is 427. The molecule has 92 valence electrons. The monoisotopic (exact) mass is 237 g/mol. The molecule has 1 aliphatic carbocycles. The number of hydrogen-bond acceptors (Lipinski definition) is 2. The Hall–Kier alpha value is -1.42. The van der Waals surface area contributed by atoms with Crippen molar-refractivity contribution in [1.29, 1.82) is 0 Å². The van der Waals surface area contributed by atoms with Gasteiger partial charge in [-0.1, -0.05) is 6.07 Å². The summed E-state index contributed by atoms with van der Waals surface area (Å²) >= 11 is 0. The van der Waals surface area contributed by atoms with Gasteiger partial charge >= 0.3 is 0 Å². The molecule has 2 N–H and O–H groups in total. The third-order valence-corrected chi connectivity index (χ3v) is 3.15. The topological polar surface area (TPSA) is 49.3 Å². The lowest BCUT2D eigenvalue weighted by atomic mass is 10.0. The van der Waals surface area contributed by atoms with Crippen LogP contribution in [0.3, 0.4) is 0 Å². The highest BCUT2D eigenvalue weighted by atomic mass is 19.1. The van der Waals surface area contributed by atoms with Gasteiger partial charge < -0.3 is 10.4 Å². The van der Waals surface area contributed by atoms with Crippen molar-refractivity contribution in [3.63, 3.8) is 0 Å². The van der Waals surface area contributed by atoms with Crippen molar-refractivity contribution in [3.05, 3.63) is 35.6 Å². The van der Waals surface area contributed by atoms with E-state index < -0.39 is 11.4 Å². The molecule has 1 amide bonds. The van der Waals surface area contributed by atoms with Crippen molar-refractivity contribution in [2.24, 2.45) is 5.92 Å². The zero-order chi connectivity index (χ0) is 12.5. The van der Waals surface area contributed by atoms with Crippen molar-refractivity contribution in [3.8, 4) is 0 Å². The Balaban J connectivity index is 1.93. The van der Waals surface area contributed by atoms with Gasteiger partial charge in [0.15, 0.2) is 0 Å². The quantitative estimate of drug-likeness (QED) is 0.837. The fraction of sp³-hybridized carbons (Fsp3) is 0.462. The molecule has 2 rings (SSSR count). The van der Waals surface area contributed by atoms with Crippen molar-refractivity contribution >= 4 is 5.91 Å². The third-order valence-electron chi connectivity index (χ3n) is 3.15. The lowest BCUT2D eigenvalue weighted by molar-refractivity contribution is 0.0354. The van der Waals surface area contributed by atoms with Gasteiger partial charge in [-0.15, -0.1) is 0 Å². The van der Waals surface area contributed by atoms with Gasteiger partial charge in [-0.3, -0.25) is 4.79 Å². The van der Waals surface area contributed by atoms with Crippen LogP contribution in [0.15, 0.2) is 24.3 Å². The van der Waals surface area contributed by atoms with Crippen molar-refractivity contribution < 1.29 is 14.3 Å². The van der Waals surface area contributed by atoms with Crippen LogP contribution in [0.1, 0.15) is 30.1 Å². The predicted molar refractivity (Wildman–Crippen MR) is 62.1 cm³/mol. The van der Waals surface area contributed by atoms with E-state index in [0.29, 0.717) is 0 Å². The Morgan fingerprint density at radius 1 is 1.59 bits per heavy atom. The summed E-state index contributed by atoms with van der Waals surface area (Å²) in [5.41, 5.74) is -0.584. The highest BCUT2D eigenvalue weighted by molar-refractivity contribution is 5.94. The standard InChI is InChI=1S/C13H16FNO2/c1-13(17,10-5-6-10)8-15-12(16)9-3-2-4-11(14)7-9/h2-4,7,10,17H,5-6,8H2,1H3,(H,15,16)/t13-/m1/s1. The van der Waals surface area contributed by atoms with Crippen LogP contribution in [-0.4, -0.2) is 23.2 Å². The number of rotatable bonds is 4. The summed E-state index contributed by atoms with van der Waals surface area (Å²) in [7, 11) is 0. The molecular formula is C13H16FNO2. The molecule has 0 radical (unpaired) electrons. The highest BCUT2D eigenvalue weighted by Crippen LogP contribution is 2.38. The molecule has 1 fully saturated rings. The largest absolute Gasteiger partial charge is 0.388 e. The van der Waals surface area contributed by atoms with Gasteiger partial charge in [0.1, 0.15) is 5.82 Å². The van der Waals surface area contributed by atoms with E-state index in [-0.39, 0.29) is 23.9 Å². The maximum Gasteiger partial charge on any atom is 0.251 e. The van der Waals surface area contributed by atoms with E-state index in [1.54, 1.807) is 13.0 Å². The molecule has 17 heavy (non-hydrogen) atoms. The van der Waals surface area contributed by atoms with Crippen LogP contribution < -0.4 is 5.32 Å². The molecule has 0 aromatic heterocycles. The first-order valence-electron chi connectivity index (χ1n) is 5.75. The molecule has 0 bridgehead atoms. The molecule has 0 unspecified atom stereocenters. The Kier molecular flexibility index (Phi) is 3.15. The molecule has 0 spiro atoms. The first kappa shape index (κ1) is 12.0. The zero-order valence-electron chi connectivity index (χ0n) is 9.74. The molecule has 0 heterocycles. The third kappa shape index (κ3) is 3.03. The average molecular weight is 237 g/mol. The van der Waals surface area contributed by atoms with Crippen LogP contribution in [-0.2, 0) is 0 Å². The average Bonchev–Trinajstić information content (AvgIpc) is 3.10. The smallest absolute Gasteiger partial charge is 0.251 e. The van der Waals surface area contributed by atoms with Crippen LogP contribution in [0.25, 0.3) is 0 Å². The molecule has 1 atom stereocenters. The first-order chi connectivity index (χ1) is 7.99. The zero-order valence-corrected chi connectivity index (χ0v) is 9.74. The summed E-state index contributed by atoms with van der Waals surface area (Å²) in [6, 6.07) is 5.51. The lowest BCUT2D eigenvalue weighted by Gasteiger charge is -2.23. The first-order valence-corrected chi connectivity index (χ1v) is 5.75. The van der Waals surface area contributed by atoms with Crippen molar-refractivity contribution in [2.75, 3.05) is 6.54 Å². The second kappa shape index (κ2) is 4.45. The minimum absolute atomic E-state index is 0.201. The van der Waals surface area contributed by atoms with E-state index in [2.05, 4.69) is 5.32 Å². The lowest BCUT2D eigenvalue weighted by Crippen LogP contribution is -2.42. The summed E-state index contributed by atoms with van der Waals surface area (Å²) in [5, 5.41) is 12.6. The molecule has 1 saturated carbocycles. The fourth-order valence-corrected chi connectivity index (χ4v) is 1.84. The number of carbonyl (C=O) groups is 1. The Morgan fingerprint density at radius 3 is 2.88 bits per heavy atom. The maximum atomic E-state index is 12.9. The number of halogens is 1. The Labute approximate surface area is 99.7 Å². The number of nitrogens with one attached hydrogen (secondary N) is 1. The van der Waals surface area contributed by atoms with Gasteiger partial charge in [-0.2, -0.15) is 0 Å². The second-order valence-corrected chi connectivity index (χ2v) is 4.82. The van der Waals surface area contributed by atoms with Crippen LogP contribution in [0.4, 0.5) is 4.39 Å². The number of hydrogen-bond donors (Lipinski definition) is 2. The molecule has 1 aliphatic rings. The minimum Gasteiger partial charge on any atom is -0.388 e. The number of amides is 1. The van der Waals surface area contributed by atoms with Gasteiger partial charge in [0, 0.05) is 12.1 Å². The van der Waals surface area contributed by atoms with Gasteiger partial charge in [-0.25, -0.2) is 4.39 Å². The van der Waals surface area contributed by atoms with E-state index in [4.69, 9.17) is 0 Å². The summed E-state index contributed by atoms with van der Waals surface area (Å²) in [4.78, 5) is 11.7. The van der Waals surface area contributed by atoms with E-state index in [9.17, 15) is 14.3 Å². The molecule has 1 aromatic carbocycles. The maximum absolute atomic E-state index is 12.9. The fourth-order valence-electron chi connectivity index (χ4n) is 1.84. The normalized spacial score (nSPS) is 18.5. The molecule has 0 aliphatic heterocycles. The van der Waals surface area contributed by atoms with Gasteiger partial charge in [0.2, 0.25) is 0 Å². The van der Waals surface area contributed by atoms with E-state index >= 15 is 0 Å². The highest BCUT2D eigenvalue weighted by Gasteiger charge is 2.39. The van der Waals surface area contributed by atoms with E-state index in [0.717, 1.165) is 12.8 Å². The predicted octanol–water partition coefficient (Wildman–Crippen LogP) is 1.72. The number of benzene rings is 1. The van der Waals surface area contributed by atoms with Gasteiger partial charge in [0.05, 0.1) is 5.60 Å². The van der Waals surface area contributed by atoms with E-state index in [1.807, 2.05) is 0 Å². The van der Waals surface area contributed by atoms with Crippen molar-refractivity contribution in [1.82, 2.24) is 5.32 Å². The Morgan fingerprint density at radius 2 is 2.29 bits per heavy atom. The number of carbonyl (C=O) groups excluding carboxylic acids is 1. The molecule has 4 heteroatoms. The van der Waals surface area contributed by atoms with E-state index in [1.165, 1.54) is 18.2 Å². The van der Waals surface area contributed by atoms with Crippen LogP contribution >= 0.6 is 0 Å². The van der Waals surface area contributed by atoms with Crippen molar-refractivity contribution in [2.45, 2.75) is 25.4 Å². The molecule has 0 saturated heterocycles. The second-order valence-electron chi connectivity index (χ2n) is 4.82. The van der Waals surface area contributed by atoms with Gasteiger partial charge in [0.25, 0.3) is 5.91 Å². The molecular weight excluding hydrogens is 221 g/mol. The van der Waals surface area contributed by atoms with Crippen LogP contribution in [0, 0.1) is 11.7 Å².